The fraction of sp³-hybridized carbons (Fsp3) is 0.571. The Morgan fingerprint density at radius 1 is 1.16 bits per heavy atom. The standard InChI is InChI=1S/C14H19F2N3/c1-17-14(10-2-3-11(15)12(16)8-10)13-9-18-4-6-19(13)7-5-18/h2-3,8,13-14,17H,4-7,9H2,1H3. The zero-order chi connectivity index (χ0) is 13.4. The Morgan fingerprint density at radius 3 is 2.42 bits per heavy atom. The summed E-state index contributed by atoms with van der Waals surface area (Å²) < 4.78 is 26.4. The van der Waals surface area contributed by atoms with Gasteiger partial charge in [-0.25, -0.2) is 8.78 Å². The maximum absolute atomic E-state index is 13.4. The number of fused-ring (bicyclic) bond motifs is 3. The van der Waals surface area contributed by atoms with Gasteiger partial charge in [0.1, 0.15) is 0 Å². The first-order chi connectivity index (χ1) is 9.19. The smallest absolute Gasteiger partial charge is 0.159 e. The topological polar surface area (TPSA) is 18.5 Å². The first-order valence-corrected chi connectivity index (χ1v) is 6.77. The molecule has 0 amide bonds. The van der Waals surface area contributed by atoms with E-state index >= 15 is 0 Å². The molecule has 3 nitrogen and oxygen atoms in total. The zero-order valence-electron chi connectivity index (χ0n) is 11.1. The lowest BCUT2D eigenvalue weighted by Crippen LogP contribution is -2.63. The van der Waals surface area contributed by atoms with Crippen LogP contribution in [0.3, 0.4) is 0 Å². The molecule has 1 aromatic carbocycles. The van der Waals surface area contributed by atoms with Gasteiger partial charge >= 0.3 is 0 Å². The highest BCUT2D eigenvalue weighted by atomic mass is 19.2. The third-order valence-corrected chi connectivity index (χ3v) is 4.32. The number of halogens is 2. The van der Waals surface area contributed by atoms with Gasteiger partial charge in [-0.05, 0) is 24.7 Å². The molecular formula is C14H19F2N3. The maximum atomic E-state index is 13.4. The van der Waals surface area contributed by atoms with Gasteiger partial charge in [0, 0.05) is 44.8 Å². The van der Waals surface area contributed by atoms with Crippen molar-refractivity contribution in [2.45, 2.75) is 12.1 Å². The van der Waals surface area contributed by atoms with Crippen molar-refractivity contribution >= 4 is 0 Å². The molecule has 3 heterocycles. The van der Waals surface area contributed by atoms with Crippen molar-refractivity contribution in [3.63, 3.8) is 0 Å². The molecule has 0 radical (unpaired) electrons. The van der Waals surface area contributed by atoms with Crippen LogP contribution in [0.1, 0.15) is 11.6 Å². The lowest BCUT2D eigenvalue weighted by atomic mass is 9.94. The summed E-state index contributed by atoms with van der Waals surface area (Å²) >= 11 is 0. The van der Waals surface area contributed by atoms with E-state index in [0.717, 1.165) is 38.3 Å². The van der Waals surface area contributed by atoms with E-state index in [1.54, 1.807) is 6.07 Å². The number of piperazine rings is 3. The van der Waals surface area contributed by atoms with Crippen LogP contribution in [0.4, 0.5) is 8.78 Å². The molecule has 4 rings (SSSR count). The van der Waals surface area contributed by atoms with E-state index < -0.39 is 11.6 Å². The van der Waals surface area contributed by atoms with Crippen LogP contribution in [0.2, 0.25) is 0 Å². The Labute approximate surface area is 112 Å². The van der Waals surface area contributed by atoms with E-state index in [0.29, 0.717) is 6.04 Å². The molecule has 5 heteroatoms. The summed E-state index contributed by atoms with van der Waals surface area (Å²) in [5.74, 6) is -1.55. The van der Waals surface area contributed by atoms with Gasteiger partial charge in [-0.1, -0.05) is 6.07 Å². The first kappa shape index (κ1) is 13.0. The molecule has 2 unspecified atom stereocenters. The molecule has 19 heavy (non-hydrogen) atoms. The molecular weight excluding hydrogens is 248 g/mol. The number of nitrogens with zero attached hydrogens (tertiary/aromatic N) is 2. The Morgan fingerprint density at radius 2 is 1.89 bits per heavy atom. The van der Waals surface area contributed by atoms with Gasteiger partial charge < -0.3 is 5.32 Å². The van der Waals surface area contributed by atoms with Gasteiger partial charge in [-0.3, -0.25) is 9.80 Å². The van der Waals surface area contributed by atoms with Crippen molar-refractivity contribution in [1.82, 2.24) is 15.1 Å². The minimum atomic E-state index is -0.784. The second-order valence-electron chi connectivity index (χ2n) is 5.34. The number of hydrogen-bond acceptors (Lipinski definition) is 3. The van der Waals surface area contributed by atoms with Crippen molar-refractivity contribution in [2.75, 3.05) is 39.8 Å². The molecule has 1 aromatic rings. The summed E-state index contributed by atoms with van der Waals surface area (Å²) in [6.07, 6.45) is 0. The molecule has 0 aliphatic carbocycles. The summed E-state index contributed by atoms with van der Waals surface area (Å²) in [5, 5.41) is 3.26. The van der Waals surface area contributed by atoms with E-state index in [4.69, 9.17) is 0 Å². The lowest BCUT2D eigenvalue weighted by Gasteiger charge is -2.50. The van der Waals surface area contributed by atoms with Gasteiger partial charge in [-0.2, -0.15) is 0 Å². The van der Waals surface area contributed by atoms with Gasteiger partial charge in [0.05, 0.1) is 0 Å². The quantitative estimate of drug-likeness (QED) is 0.888. The second-order valence-corrected chi connectivity index (χ2v) is 5.34. The van der Waals surface area contributed by atoms with Crippen molar-refractivity contribution < 1.29 is 8.78 Å². The number of benzene rings is 1. The molecule has 1 N–H and O–H groups in total. The van der Waals surface area contributed by atoms with Crippen LogP contribution in [0.25, 0.3) is 0 Å². The Bertz CT molecular complexity index is 458. The molecule has 3 saturated heterocycles. The lowest BCUT2D eigenvalue weighted by molar-refractivity contribution is -0.00259. The molecule has 104 valence electrons. The summed E-state index contributed by atoms with van der Waals surface area (Å²) in [4.78, 5) is 4.89. The third-order valence-electron chi connectivity index (χ3n) is 4.32. The number of nitrogens with one attached hydrogen (secondary N) is 1. The van der Waals surface area contributed by atoms with Crippen LogP contribution in [0.15, 0.2) is 18.2 Å². The molecule has 2 bridgehead atoms. The fourth-order valence-corrected chi connectivity index (χ4v) is 3.26. The summed E-state index contributed by atoms with van der Waals surface area (Å²) in [6.45, 7) is 5.35. The first-order valence-electron chi connectivity index (χ1n) is 6.77. The van der Waals surface area contributed by atoms with Crippen LogP contribution >= 0.6 is 0 Å². The van der Waals surface area contributed by atoms with E-state index in [2.05, 4.69) is 15.1 Å². The van der Waals surface area contributed by atoms with E-state index in [9.17, 15) is 8.78 Å². The third kappa shape index (κ3) is 2.38. The van der Waals surface area contributed by atoms with Crippen LogP contribution in [-0.2, 0) is 0 Å². The number of hydrogen-bond donors (Lipinski definition) is 1. The average Bonchev–Trinajstić information content (AvgIpc) is 2.45. The van der Waals surface area contributed by atoms with E-state index in [-0.39, 0.29) is 6.04 Å². The van der Waals surface area contributed by atoms with Gasteiger partial charge in [0.15, 0.2) is 11.6 Å². The van der Waals surface area contributed by atoms with Gasteiger partial charge in [0.2, 0.25) is 0 Å². The maximum Gasteiger partial charge on any atom is 0.159 e. The molecule has 0 spiro atoms. The Kier molecular flexibility index (Phi) is 3.52. The van der Waals surface area contributed by atoms with Crippen LogP contribution < -0.4 is 5.32 Å². The SMILES string of the molecule is CNC(c1ccc(F)c(F)c1)C1CN2CCN1CC2. The fourth-order valence-electron chi connectivity index (χ4n) is 3.26. The summed E-state index contributed by atoms with van der Waals surface area (Å²) in [7, 11) is 1.88. The molecule has 3 fully saturated rings. The summed E-state index contributed by atoms with van der Waals surface area (Å²) in [5.41, 5.74) is 0.820. The summed E-state index contributed by atoms with van der Waals surface area (Å²) in [6, 6.07) is 4.58. The van der Waals surface area contributed by atoms with E-state index in [1.165, 1.54) is 12.1 Å². The Balaban J connectivity index is 1.85. The largest absolute Gasteiger partial charge is 0.312 e. The zero-order valence-corrected chi connectivity index (χ0v) is 11.1. The minimum Gasteiger partial charge on any atom is -0.312 e. The number of rotatable bonds is 3. The highest BCUT2D eigenvalue weighted by molar-refractivity contribution is 5.23. The number of likely N-dealkylation sites (N-methyl/N-ethyl adjacent to an activating group) is 1. The van der Waals surface area contributed by atoms with Crippen LogP contribution in [-0.4, -0.2) is 55.6 Å². The van der Waals surface area contributed by atoms with Crippen LogP contribution in [0.5, 0.6) is 0 Å². The van der Waals surface area contributed by atoms with E-state index in [1.807, 2.05) is 7.05 Å². The van der Waals surface area contributed by atoms with Crippen molar-refractivity contribution in [3.05, 3.63) is 35.4 Å². The van der Waals surface area contributed by atoms with Gasteiger partial charge in [-0.15, -0.1) is 0 Å². The van der Waals surface area contributed by atoms with Crippen molar-refractivity contribution in [2.24, 2.45) is 0 Å². The second kappa shape index (κ2) is 5.15. The normalized spacial score (nSPS) is 31.4. The van der Waals surface area contributed by atoms with Crippen LogP contribution in [0, 0.1) is 11.6 Å². The van der Waals surface area contributed by atoms with Crippen molar-refractivity contribution in [3.8, 4) is 0 Å². The molecule has 0 aromatic heterocycles. The minimum absolute atomic E-state index is 0.0400. The molecule has 0 saturated carbocycles. The molecule has 3 aliphatic heterocycles. The Hall–Kier alpha value is -1.04. The van der Waals surface area contributed by atoms with Crippen molar-refractivity contribution in [1.29, 1.82) is 0 Å². The predicted octanol–water partition coefficient (Wildman–Crippen LogP) is 1.23. The highest BCUT2D eigenvalue weighted by Crippen LogP contribution is 2.27. The molecule has 2 atom stereocenters. The van der Waals surface area contributed by atoms with Gasteiger partial charge in [0.25, 0.3) is 0 Å². The average molecular weight is 267 g/mol. The molecule has 3 aliphatic rings. The monoisotopic (exact) mass is 267 g/mol. The highest BCUT2D eigenvalue weighted by Gasteiger charge is 2.36. The predicted molar refractivity (Wildman–Crippen MR) is 70.0 cm³/mol.